The summed E-state index contributed by atoms with van der Waals surface area (Å²) in [6.07, 6.45) is 0. The number of nitrogens with two attached hydrogens (primary N) is 1. The van der Waals surface area contributed by atoms with Gasteiger partial charge in [-0.05, 0) is 43.0 Å². The second-order valence-corrected chi connectivity index (χ2v) is 6.83. The zero-order chi connectivity index (χ0) is 15.5. The molecule has 0 bridgehead atoms. The summed E-state index contributed by atoms with van der Waals surface area (Å²) in [7, 11) is -3.72. The standard InChI is InChI=1S/C13H21N3O3S/c1-8(2)12(13(14)15-17)16-20(18,19)11-6-5-9(3)10(4)7-11/h5-8,12,16-17H,1-4H3,(H2,14,15). The molecule has 0 heterocycles. The van der Waals surface area contributed by atoms with Gasteiger partial charge in [0.15, 0.2) is 5.84 Å². The lowest BCUT2D eigenvalue weighted by molar-refractivity contribution is 0.313. The van der Waals surface area contributed by atoms with E-state index >= 15 is 0 Å². The largest absolute Gasteiger partial charge is 0.409 e. The molecule has 1 aromatic carbocycles. The maximum Gasteiger partial charge on any atom is 0.241 e. The van der Waals surface area contributed by atoms with E-state index in [0.29, 0.717) is 0 Å². The van der Waals surface area contributed by atoms with Crippen molar-refractivity contribution in [2.75, 3.05) is 0 Å². The number of sulfonamides is 1. The maximum atomic E-state index is 12.3. The minimum absolute atomic E-state index is 0.146. The average Bonchev–Trinajstić information content (AvgIpc) is 2.38. The van der Waals surface area contributed by atoms with Crippen LogP contribution in [0.15, 0.2) is 28.3 Å². The summed E-state index contributed by atoms with van der Waals surface area (Å²) in [5, 5.41) is 11.6. The van der Waals surface area contributed by atoms with Gasteiger partial charge in [-0.3, -0.25) is 0 Å². The van der Waals surface area contributed by atoms with E-state index in [9.17, 15) is 8.42 Å². The summed E-state index contributed by atoms with van der Waals surface area (Å²) in [6, 6.07) is 4.12. The first kappa shape index (κ1) is 16.5. The minimum atomic E-state index is -3.72. The lowest BCUT2D eigenvalue weighted by Gasteiger charge is -2.21. The fraction of sp³-hybridized carbons (Fsp3) is 0.462. The number of hydrogen-bond acceptors (Lipinski definition) is 4. The van der Waals surface area contributed by atoms with E-state index in [1.165, 1.54) is 6.07 Å². The number of benzene rings is 1. The highest BCUT2D eigenvalue weighted by atomic mass is 32.2. The highest BCUT2D eigenvalue weighted by Crippen LogP contribution is 2.16. The second kappa shape index (κ2) is 6.23. The quantitative estimate of drug-likeness (QED) is 0.330. The first-order valence-electron chi connectivity index (χ1n) is 6.26. The first-order valence-corrected chi connectivity index (χ1v) is 7.74. The van der Waals surface area contributed by atoms with Crippen LogP contribution in [0.4, 0.5) is 0 Å². The Hall–Kier alpha value is -1.60. The van der Waals surface area contributed by atoms with E-state index in [2.05, 4.69) is 9.88 Å². The third-order valence-corrected chi connectivity index (χ3v) is 4.61. The molecular formula is C13H21N3O3S. The van der Waals surface area contributed by atoms with Crippen molar-refractivity contribution in [1.29, 1.82) is 0 Å². The van der Waals surface area contributed by atoms with Gasteiger partial charge < -0.3 is 10.9 Å². The van der Waals surface area contributed by atoms with Crippen molar-refractivity contribution in [2.24, 2.45) is 16.8 Å². The molecule has 112 valence electrons. The van der Waals surface area contributed by atoms with E-state index in [1.54, 1.807) is 26.0 Å². The number of nitrogens with one attached hydrogen (secondary N) is 1. The van der Waals surface area contributed by atoms with Gasteiger partial charge in [-0.2, -0.15) is 0 Å². The molecule has 0 radical (unpaired) electrons. The summed E-state index contributed by atoms with van der Waals surface area (Å²) < 4.78 is 27.1. The maximum absolute atomic E-state index is 12.3. The zero-order valence-corrected chi connectivity index (χ0v) is 12.9. The van der Waals surface area contributed by atoms with Crippen LogP contribution < -0.4 is 10.5 Å². The zero-order valence-electron chi connectivity index (χ0n) is 12.1. The van der Waals surface area contributed by atoms with Crippen LogP contribution in [0, 0.1) is 19.8 Å². The molecule has 0 aliphatic rings. The van der Waals surface area contributed by atoms with Gasteiger partial charge >= 0.3 is 0 Å². The van der Waals surface area contributed by atoms with Crippen LogP contribution in [0.5, 0.6) is 0 Å². The Morgan fingerprint density at radius 2 is 1.90 bits per heavy atom. The van der Waals surface area contributed by atoms with Crippen molar-refractivity contribution >= 4 is 15.9 Å². The SMILES string of the molecule is Cc1ccc(S(=O)(=O)NC(C(N)=NO)C(C)C)cc1C. The molecule has 0 amide bonds. The van der Waals surface area contributed by atoms with Crippen molar-refractivity contribution in [3.8, 4) is 0 Å². The average molecular weight is 299 g/mol. The van der Waals surface area contributed by atoms with Gasteiger partial charge in [-0.1, -0.05) is 25.1 Å². The number of aryl methyl sites for hydroxylation is 2. The fourth-order valence-corrected chi connectivity index (χ4v) is 3.16. The minimum Gasteiger partial charge on any atom is -0.409 e. The van der Waals surface area contributed by atoms with E-state index < -0.39 is 16.1 Å². The predicted octanol–water partition coefficient (Wildman–Crippen LogP) is 1.35. The van der Waals surface area contributed by atoms with E-state index in [4.69, 9.17) is 10.9 Å². The van der Waals surface area contributed by atoms with Crippen molar-refractivity contribution in [3.05, 3.63) is 29.3 Å². The Morgan fingerprint density at radius 3 is 2.35 bits per heavy atom. The Balaban J connectivity index is 3.13. The van der Waals surface area contributed by atoms with Gasteiger partial charge in [-0.15, -0.1) is 0 Å². The molecule has 0 aliphatic heterocycles. The van der Waals surface area contributed by atoms with Gasteiger partial charge in [0.25, 0.3) is 0 Å². The summed E-state index contributed by atoms with van der Waals surface area (Å²) >= 11 is 0. The van der Waals surface area contributed by atoms with E-state index in [0.717, 1.165) is 11.1 Å². The molecule has 0 fully saturated rings. The highest BCUT2D eigenvalue weighted by Gasteiger charge is 2.25. The van der Waals surface area contributed by atoms with Crippen molar-refractivity contribution in [2.45, 2.75) is 38.6 Å². The van der Waals surface area contributed by atoms with Crippen LogP contribution in [0.25, 0.3) is 0 Å². The Labute approximate surface area is 119 Å². The van der Waals surface area contributed by atoms with Gasteiger partial charge in [0.2, 0.25) is 10.0 Å². The molecule has 0 spiro atoms. The number of amidine groups is 1. The fourth-order valence-electron chi connectivity index (χ4n) is 1.72. The van der Waals surface area contributed by atoms with Gasteiger partial charge in [-0.25, -0.2) is 13.1 Å². The lowest BCUT2D eigenvalue weighted by Crippen LogP contribution is -2.47. The number of hydrogen-bond donors (Lipinski definition) is 3. The molecule has 6 nitrogen and oxygen atoms in total. The second-order valence-electron chi connectivity index (χ2n) is 5.11. The van der Waals surface area contributed by atoms with Gasteiger partial charge in [0.1, 0.15) is 0 Å². The number of oxime groups is 1. The monoisotopic (exact) mass is 299 g/mol. The van der Waals surface area contributed by atoms with Crippen molar-refractivity contribution in [3.63, 3.8) is 0 Å². The summed E-state index contributed by atoms with van der Waals surface area (Å²) in [5.41, 5.74) is 7.43. The lowest BCUT2D eigenvalue weighted by atomic mass is 10.1. The Morgan fingerprint density at radius 1 is 1.30 bits per heavy atom. The topological polar surface area (TPSA) is 105 Å². The molecule has 0 saturated carbocycles. The molecule has 0 saturated heterocycles. The Kier molecular flexibility index (Phi) is 5.13. The molecular weight excluding hydrogens is 278 g/mol. The van der Waals surface area contributed by atoms with Crippen LogP contribution >= 0.6 is 0 Å². The van der Waals surface area contributed by atoms with Crippen LogP contribution in [-0.4, -0.2) is 25.5 Å². The summed E-state index contributed by atoms with van der Waals surface area (Å²) in [4.78, 5) is 0.164. The molecule has 1 atom stereocenters. The Bertz CT molecular complexity index is 609. The third kappa shape index (κ3) is 3.71. The molecule has 4 N–H and O–H groups in total. The van der Waals surface area contributed by atoms with Gasteiger partial charge in [0, 0.05) is 0 Å². The molecule has 1 aromatic rings. The highest BCUT2D eigenvalue weighted by molar-refractivity contribution is 7.89. The van der Waals surface area contributed by atoms with E-state index in [-0.39, 0.29) is 16.6 Å². The number of rotatable bonds is 5. The van der Waals surface area contributed by atoms with Crippen LogP contribution in [0.1, 0.15) is 25.0 Å². The molecule has 0 aliphatic carbocycles. The van der Waals surface area contributed by atoms with E-state index in [1.807, 2.05) is 13.8 Å². The molecule has 20 heavy (non-hydrogen) atoms. The smallest absolute Gasteiger partial charge is 0.241 e. The van der Waals surface area contributed by atoms with Gasteiger partial charge in [0.05, 0.1) is 10.9 Å². The molecule has 7 heteroatoms. The predicted molar refractivity (Wildman–Crippen MR) is 78.3 cm³/mol. The molecule has 1 unspecified atom stereocenters. The summed E-state index contributed by atoms with van der Waals surface area (Å²) in [5.74, 6) is -0.306. The van der Waals surface area contributed by atoms with Crippen LogP contribution in [-0.2, 0) is 10.0 Å². The number of nitrogens with zero attached hydrogens (tertiary/aromatic N) is 1. The third-order valence-electron chi connectivity index (χ3n) is 3.17. The van der Waals surface area contributed by atoms with Crippen molar-refractivity contribution in [1.82, 2.24) is 4.72 Å². The normalized spacial score (nSPS) is 14.6. The van der Waals surface area contributed by atoms with Crippen LogP contribution in [0.3, 0.4) is 0 Å². The first-order chi connectivity index (χ1) is 9.19. The molecule has 0 aromatic heterocycles. The summed E-state index contributed by atoms with van der Waals surface area (Å²) in [6.45, 7) is 7.32. The molecule has 1 rings (SSSR count). The van der Waals surface area contributed by atoms with Crippen LogP contribution in [0.2, 0.25) is 0 Å². The van der Waals surface area contributed by atoms with Crippen molar-refractivity contribution < 1.29 is 13.6 Å².